The molecule has 0 amide bonds. The maximum atomic E-state index is 11.7. The Labute approximate surface area is 121 Å². The minimum Gasteiger partial charge on any atom is -0.379 e. The van der Waals surface area contributed by atoms with Gasteiger partial charge in [0, 0.05) is 6.61 Å². The fraction of sp³-hybridized carbons (Fsp3) is 0.562. The Morgan fingerprint density at radius 3 is 2.45 bits per heavy atom. The first-order valence-corrected chi connectivity index (χ1v) is 7.28. The molecule has 0 aliphatic carbocycles. The molecule has 0 heterocycles. The van der Waals surface area contributed by atoms with E-state index in [4.69, 9.17) is 14.5 Å². The summed E-state index contributed by atoms with van der Waals surface area (Å²) < 4.78 is 5.07. The van der Waals surface area contributed by atoms with Gasteiger partial charge < -0.3 is 4.74 Å². The predicted octanol–water partition coefficient (Wildman–Crippen LogP) is 3.54. The molecule has 20 heavy (non-hydrogen) atoms. The average Bonchev–Trinajstić information content (AvgIpc) is 2.48. The molecule has 0 radical (unpaired) electrons. The van der Waals surface area contributed by atoms with E-state index >= 15 is 0 Å². The van der Waals surface area contributed by atoms with E-state index < -0.39 is 5.97 Å². The minimum absolute atomic E-state index is 0.245. The van der Waals surface area contributed by atoms with Gasteiger partial charge >= 0.3 is 5.97 Å². The fourth-order valence-corrected chi connectivity index (χ4v) is 1.77. The second kappa shape index (κ2) is 10.4. The first-order valence-electron chi connectivity index (χ1n) is 7.28. The van der Waals surface area contributed by atoms with Crippen molar-refractivity contribution in [3.05, 3.63) is 35.4 Å². The fourth-order valence-electron chi connectivity index (χ4n) is 1.77. The third-order valence-electron chi connectivity index (χ3n) is 2.91. The zero-order valence-electron chi connectivity index (χ0n) is 12.4. The molecule has 0 saturated heterocycles. The SMILES string of the molecule is CCCCCc1ccc(C(=O)OOCCOCC)cc1. The van der Waals surface area contributed by atoms with E-state index in [0.29, 0.717) is 18.8 Å². The van der Waals surface area contributed by atoms with Crippen molar-refractivity contribution in [3.63, 3.8) is 0 Å². The van der Waals surface area contributed by atoms with Gasteiger partial charge in [-0.15, -0.1) is 0 Å². The summed E-state index contributed by atoms with van der Waals surface area (Å²) in [5.74, 6) is -0.471. The van der Waals surface area contributed by atoms with Gasteiger partial charge in [-0.2, -0.15) is 4.89 Å². The quantitative estimate of drug-likeness (QED) is 0.373. The molecule has 0 N–H and O–H groups in total. The zero-order valence-corrected chi connectivity index (χ0v) is 12.4. The molecule has 0 spiro atoms. The molecular formula is C16H24O4. The number of carbonyl (C=O) groups excluding carboxylic acids is 1. The summed E-state index contributed by atoms with van der Waals surface area (Å²) in [6.07, 6.45) is 4.68. The number of aryl methyl sites for hydroxylation is 1. The Balaban J connectivity index is 2.30. The molecule has 1 rings (SSSR count). The van der Waals surface area contributed by atoms with Crippen LogP contribution in [0.25, 0.3) is 0 Å². The van der Waals surface area contributed by atoms with Crippen LogP contribution in [0.2, 0.25) is 0 Å². The average molecular weight is 280 g/mol. The lowest BCUT2D eigenvalue weighted by Gasteiger charge is -2.05. The second-order valence-corrected chi connectivity index (χ2v) is 4.54. The molecule has 0 aromatic heterocycles. The number of hydrogen-bond acceptors (Lipinski definition) is 4. The molecule has 0 fully saturated rings. The molecule has 0 saturated carbocycles. The van der Waals surface area contributed by atoms with Crippen LogP contribution < -0.4 is 0 Å². The molecular weight excluding hydrogens is 256 g/mol. The summed E-state index contributed by atoms with van der Waals surface area (Å²) in [6.45, 7) is 5.37. The summed E-state index contributed by atoms with van der Waals surface area (Å²) in [5.41, 5.74) is 1.74. The van der Waals surface area contributed by atoms with Gasteiger partial charge in [0.05, 0.1) is 12.2 Å². The summed E-state index contributed by atoms with van der Waals surface area (Å²) in [4.78, 5) is 21.1. The van der Waals surface area contributed by atoms with Crippen molar-refractivity contribution >= 4 is 5.97 Å². The molecule has 1 aromatic carbocycles. The molecule has 0 aliphatic rings. The molecule has 0 bridgehead atoms. The topological polar surface area (TPSA) is 44.8 Å². The molecule has 0 atom stereocenters. The normalized spacial score (nSPS) is 10.5. The highest BCUT2D eigenvalue weighted by atomic mass is 17.2. The van der Waals surface area contributed by atoms with Gasteiger partial charge in [0.15, 0.2) is 0 Å². The standard InChI is InChI=1S/C16H24O4/c1-3-5-6-7-14-8-10-15(11-9-14)16(17)20-19-13-12-18-4-2/h8-11H,3-7,12-13H2,1-2H3. The summed E-state index contributed by atoms with van der Waals surface area (Å²) in [7, 11) is 0. The van der Waals surface area contributed by atoms with Crippen LogP contribution in [0, 0.1) is 0 Å². The molecule has 0 unspecified atom stereocenters. The van der Waals surface area contributed by atoms with Crippen LogP contribution >= 0.6 is 0 Å². The Kier molecular flexibility index (Phi) is 8.67. The number of rotatable bonds is 10. The van der Waals surface area contributed by atoms with Gasteiger partial charge in [0.2, 0.25) is 0 Å². The van der Waals surface area contributed by atoms with E-state index in [1.807, 2.05) is 19.1 Å². The van der Waals surface area contributed by atoms with Gasteiger partial charge in [-0.1, -0.05) is 31.9 Å². The van der Waals surface area contributed by atoms with Crippen LogP contribution in [-0.4, -0.2) is 25.8 Å². The van der Waals surface area contributed by atoms with E-state index in [1.165, 1.54) is 24.8 Å². The van der Waals surface area contributed by atoms with Crippen LogP contribution in [0.3, 0.4) is 0 Å². The predicted molar refractivity (Wildman–Crippen MR) is 77.5 cm³/mol. The number of ether oxygens (including phenoxy) is 1. The number of benzene rings is 1. The summed E-state index contributed by atoms with van der Waals surface area (Å²) in [6, 6.07) is 7.48. The highest BCUT2D eigenvalue weighted by molar-refractivity contribution is 5.88. The van der Waals surface area contributed by atoms with Crippen molar-refractivity contribution in [1.82, 2.24) is 0 Å². The minimum atomic E-state index is -0.471. The third kappa shape index (κ3) is 6.68. The molecule has 1 aromatic rings. The van der Waals surface area contributed by atoms with Crippen molar-refractivity contribution < 1.29 is 19.3 Å². The van der Waals surface area contributed by atoms with E-state index in [-0.39, 0.29) is 6.61 Å². The lowest BCUT2D eigenvalue weighted by molar-refractivity contribution is -0.247. The maximum absolute atomic E-state index is 11.7. The highest BCUT2D eigenvalue weighted by Gasteiger charge is 2.08. The van der Waals surface area contributed by atoms with Gasteiger partial charge in [0.1, 0.15) is 6.61 Å². The molecule has 112 valence electrons. The van der Waals surface area contributed by atoms with Crippen molar-refractivity contribution in [2.75, 3.05) is 19.8 Å². The van der Waals surface area contributed by atoms with Gasteiger partial charge in [-0.3, -0.25) is 4.89 Å². The largest absolute Gasteiger partial charge is 0.379 e. The van der Waals surface area contributed by atoms with Gasteiger partial charge in [0.25, 0.3) is 0 Å². The lowest BCUT2D eigenvalue weighted by Crippen LogP contribution is -2.10. The lowest BCUT2D eigenvalue weighted by atomic mass is 10.1. The number of hydrogen-bond donors (Lipinski definition) is 0. The number of carbonyl (C=O) groups is 1. The third-order valence-corrected chi connectivity index (χ3v) is 2.91. The zero-order chi connectivity index (χ0) is 14.6. The van der Waals surface area contributed by atoms with Crippen molar-refractivity contribution in [2.24, 2.45) is 0 Å². The Hall–Kier alpha value is -1.39. The van der Waals surface area contributed by atoms with Crippen LogP contribution in [0.5, 0.6) is 0 Å². The first-order chi connectivity index (χ1) is 9.77. The summed E-state index contributed by atoms with van der Waals surface area (Å²) >= 11 is 0. The van der Waals surface area contributed by atoms with Crippen molar-refractivity contribution in [3.8, 4) is 0 Å². The highest BCUT2D eigenvalue weighted by Crippen LogP contribution is 2.10. The van der Waals surface area contributed by atoms with Crippen LogP contribution in [0.1, 0.15) is 49.0 Å². The number of unbranched alkanes of at least 4 members (excludes halogenated alkanes) is 2. The van der Waals surface area contributed by atoms with Crippen LogP contribution in [-0.2, 0) is 20.9 Å². The van der Waals surface area contributed by atoms with Crippen LogP contribution in [0.4, 0.5) is 0 Å². The van der Waals surface area contributed by atoms with E-state index in [2.05, 4.69) is 6.92 Å². The Morgan fingerprint density at radius 2 is 1.80 bits per heavy atom. The Bertz CT molecular complexity index is 373. The van der Waals surface area contributed by atoms with E-state index in [1.54, 1.807) is 12.1 Å². The Morgan fingerprint density at radius 1 is 1.05 bits per heavy atom. The summed E-state index contributed by atoms with van der Waals surface area (Å²) in [5, 5.41) is 0. The molecule has 4 heteroatoms. The monoisotopic (exact) mass is 280 g/mol. The molecule has 0 aliphatic heterocycles. The maximum Gasteiger partial charge on any atom is 0.373 e. The second-order valence-electron chi connectivity index (χ2n) is 4.54. The van der Waals surface area contributed by atoms with Gasteiger partial charge in [-0.05, 0) is 37.5 Å². The van der Waals surface area contributed by atoms with Gasteiger partial charge in [-0.25, -0.2) is 4.79 Å². The van der Waals surface area contributed by atoms with Crippen LogP contribution in [0.15, 0.2) is 24.3 Å². The smallest absolute Gasteiger partial charge is 0.373 e. The molecule has 4 nitrogen and oxygen atoms in total. The van der Waals surface area contributed by atoms with Crippen molar-refractivity contribution in [1.29, 1.82) is 0 Å². The van der Waals surface area contributed by atoms with E-state index in [0.717, 1.165) is 6.42 Å². The van der Waals surface area contributed by atoms with Crippen molar-refractivity contribution in [2.45, 2.75) is 39.5 Å². The first kappa shape index (κ1) is 16.7. The van der Waals surface area contributed by atoms with E-state index in [9.17, 15) is 4.79 Å².